The zero-order valence-corrected chi connectivity index (χ0v) is 11.2. The number of rotatable bonds is 5. The monoisotopic (exact) mass is 280 g/mol. The average molecular weight is 280 g/mol. The molecule has 0 bridgehead atoms. The smallest absolute Gasteiger partial charge is 0.356 e. The third-order valence-corrected chi connectivity index (χ3v) is 2.38. The summed E-state index contributed by atoms with van der Waals surface area (Å²) in [5.41, 5.74) is -0.150. The molecule has 8 heteroatoms. The minimum Gasteiger partial charge on any atom is -0.476 e. The van der Waals surface area contributed by atoms with Crippen molar-refractivity contribution < 1.29 is 19.5 Å². The highest BCUT2D eigenvalue weighted by Gasteiger charge is 2.13. The van der Waals surface area contributed by atoms with Gasteiger partial charge in [-0.05, 0) is 12.1 Å². The van der Waals surface area contributed by atoms with Gasteiger partial charge in [-0.25, -0.2) is 14.6 Å². The van der Waals surface area contributed by atoms with E-state index < -0.39 is 12.0 Å². The third kappa shape index (κ3) is 4.56. The SMILES string of the molecule is CN(C)C(=O)CCNC(=O)Nc1cccnc1C(=O)O. The number of hydrogen-bond donors (Lipinski definition) is 3. The lowest BCUT2D eigenvalue weighted by molar-refractivity contribution is -0.128. The highest BCUT2D eigenvalue weighted by atomic mass is 16.4. The molecule has 0 atom stereocenters. The Kier molecular flexibility index (Phi) is 5.45. The van der Waals surface area contributed by atoms with Gasteiger partial charge in [0.15, 0.2) is 5.69 Å². The van der Waals surface area contributed by atoms with Crippen LogP contribution in [-0.4, -0.2) is 53.5 Å². The Labute approximate surface area is 115 Å². The summed E-state index contributed by atoms with van der Waals surface area (Å²) in [6, 6.07) is 2.35. The molecule has 0 unspecified atom stereocenters. The number of aromatic nitrogens is 1. The number of carboxylic acid groups (broad SMARTS) is 1. The van der Waals surface area contributed by atoms with Gasteiger partial charge in [0.25, 0.3) is 0 Å². The van der Waals surface area contributed by atoms with Gasteiger partial charge in [0.1, 0.15) is 0 Å². The summed E-state index contributed by atoms with van der Waals surface area (Å²) in [7, 11) is 3.24. The maximum Gasteiger partial charge on any atom is 0.356 e. The van der Waals surface area contributed by atoms with Crippen LogP contribution in [0.5, 0.6) is 0 Å². The van der Waals surface area contributed by atoms with Gasteiger partial charge in [0.05, 0.1) is 5.69 Å². The molecule has 1 heterocycles. The van der Waals surface area contributed by atoms with Gasteiger partial charge >= 0.3 is 12.0 Å². The van der Waals surface area contributed by atoms with Crippen LogP contribution in [0.25, 0.3) is 0 Å². The molecule has 0 aliphatic carbocycles. The summed E-state index contributed by atoms with van der Waals surface area (Å²) in [5.74, 6) is -1.35. The van der Waals surface area contributed by atoms with E-state index in [4.69, 9.17) is 5.11 Å². The molecule has 0 spiro atoms. The number of nitrogens with zero attached hydrogens (tertiary/aromatic N) is 2. The Hall–Kier alpha value is -2.64. The summed E-state index contributed by atoms with van der Waals surface area (Å²) < 4.78 is 0. The first-order valence-electron chi connectivity index (χ1n) is 5.85. The summed E-state index contributed by atoms with van der Waals surface area (Å²) in [4.78, 5) is 38.8. The van der Waals surface area contributed by atoms with Crippen molar-refractivity contribution in [2.45, 2.75) is 6.42 Å². The second-order valence-electron chi connectivity index (χ2n) is 4.12. The quantitative estimate of drug-likeness (QED) is 0.722. The summed E-state index contributed by atoms with van der Waals surface area (Å²) in [5, 5.41) is 13.7. The summed E-state index contributed by atoms with van der Waals surface area (Å²) >= 11 is 0. The number of carbonyl (C=O) groups is 3. The molecule has 0 fully saturated rings. The van der Waals surface area contributed by atoms with Gasteiger partial charge in [-0.15, -0.1) is 0 Å². The van der Waals surface area contributed by atoms with E-state index in [9.17, 15) is 14.4 Å². The Morgan fingerprint density at radius 1 is 1.35 bits per heavy atom. The molecule has 0 radical (unpaired) electrons. The predicted molar refractivity (Wildman–Crippen MR) is 71.5 cm³/mol. The maximum absolute atomic E-state index is 11.6. The summed E-state index contributed by atoms with van der Waals surface area (Å²) in [6.07, 6.45) is 1.49. The molecule has 0 aliphatic rings. The van der Waals surface area contributed by atoms with Gasteiger partial charge in [-0.3, -0.25) is 4.79 Å². The number of carbonyl (C=O) groups excluding carboxylic acids is 2. The Morgan fingerprint density at radius 3 is 2.65 bits per heavy atom. The van der Waals surface area contributed by atoms with Crippen LogP contribution >= 0.6 is 0 Å². The fourth-order valence-electron chi connectivity index (χ4n) is 1.35. The number of carboxylic acids is 1. The van der Waals surface area contributed by atoms with Crippen LogP contribution in [0.2, 0.25) is 0 Å². The lowest BCUT2D eigenvalue weighted by Gasteiger charge is -2.11. The van der Waals surface area contributed by atoms with Crippen LogP contribution in [-0.2, 0) is 4.79 Å². The van der Waals surface area contributed by atoms with Crippen LogP contribution in [0.3, 0.4) is 0 Å². The lowest BCUT2D eigenvalue weighted by Crippen LogP contribution is -2.33. The molecule has 20 heavy (non-hydrogen) atoms. The normalized spacial score (nSPS) is 9.70. The third-order valence-electron chi connectivity index (χ3n) is 2.38. The van der Waals surface area contributed by atoms with Crippen molar-refractivity contribution in [3.05, 3.63) is 24.0 Å². The fraction of sp³-hybridized carbons (Fsp3) is 0.333. The molecule has 0 aliphatic heterocycles. The average Bonchev–Trinajstić information content (AvgIpc) is 2.38. The highest BCUT2D eigenvalue weighted by molar-refractivity contribution is 5.98. The number of hydrogen-bond acceptors (Lipinski definition) is 4. The number of aromatic carboxylic acids is 1. The molecule has 0 saturated carbocycles. The van der Waals surface area contributed by atoms with E-state index in [1.165, 1.54) is 23.2 Å². The van der Waals surface area contributed by atoms with Crippen LogP contribution in [0, 0.1) is 0 Å². The number of nitrogens with one attached hydrogen (secondary N) is 2. The van der Waals surface area contributed by atoms with Crippen molar-refractivity contribution in [3.8, 4) is 0 Å². The van der Waals surface area contributed by atoms with Crippen LogP contribution in [0.4, 0.5) is 10.5 Å². The second-order valence-corrected chi connectivity index (χ2v) is 4.12. The van der Waals surface area contributed by atoms with Crippen molar-refractivity contribution >= 4 is 23.6 Å². The lowest BCUT2D eigenvalue weighted by atomic mass is 10.3. The van der Waals surface area contributed by atoms with E-state index in [-0.39, 0.29) is 30.3 Å². The molecule has 0 saturated heterocycles. The molecular weight excluding hydrogens is 264 g/mol. The fourth-order valence-corrected chi connectivity index (χ4v) is 1.35. The molecule has 1 rings (SSSR count). The molecule has 1 aromatic heterocycles. The first kappa shape index (κ1) is 15.4. The summed E-state index contributed by atoms with van der Waals surface area (Å²) in [6.45, 7) is 0.158. The van der Waals surface area contributed by atoms with Crippen molar-refractivity contribution in [3.63, 3.8) is 0 Å². The molecule has 108 valence electrons. The zero-order chi connectivity index (χ0) is 15.1. The number of pyridine rings is 1. The predicted octanol–water partition coefficient (Wildman–Crippen LogP) is 0.380. The van der Waals surface area contributed by atoms with Crippen LogP contribution in [0.1, 0.15) is 16.9 Å². The van der Waals surface area contributed by atoms with E-state index in [1.807, 2.05) is 0 Å². The van der Waals surface area contributed by atoms with Gasteiger partial charge in [0.2, 0.25) is 5.91 Å². The molecule has 3 N–H and O–H groups in total. The molecule has 3 amide bonds. The number of amides is 3. The Bertz CT molecular complexity index is 516. The van der Waals surface area contributed by atoms with Crippen LogP contribution < -0.4 is 10.6 Å². The minimum atomic E-state index is -1.23. The van der Waals surface area contributed by atoms with Gasteiger partial charge in [0, 0.05) is 33.3 Å². The van der Waals surface area contributed by atoms with Gasteiger partial charge in [-0.1, -0.05) is 0 Å². The van der Waals surface area contributed by atoms with Crippen LogP contribution in [0.15, 0.2) is 18.3 Å². The van der Waals surface area contributed by atoms with Crippen molar-refractivity contribution in [2.75, 3.05) is 26.0 Å². The van der Waals surface area contributed by atoms with E-state index >= 15 is 0 Å². The maximum atomic E-state index is 11.6. The molecule has 8 nitrogen and oxygen atoms in total. The van der Waals surface area contributed by atoms with E-state index in [0.29, 0.717) is 0 Å². The Morgan fingerprint density at radius 2 is 2.05 bits per heavy atom. The van der Waals surface area contributed by atoms with E-state index in [2.05, 4.69) is 15.6 Å². The zero-order valence-electron chi connectivity index (χ0n) is 11.2. The van der Waals surface area contributed by atoms with Crippen molar-refractivity contribution in [1.82, 2.24) is 15.2 Å². The van der Waals surface area contributed by atoms with Crippen molar-refractivity contribution in [1.29, 1.82) is 0 Å². The molecular formula is C12H16N4O4. The molecule has 0 aromatic carbocycles. The van der Waals surface area contributed by atoms with Gasteiger partial charge in [-0.2, -0.15) is 0 Å². The largest absolute Gasteiger partial charge is 0.476 e. The van der Waals surface area contributed by atoms with E-state index in [0.717, 1.165) is 0 Å². The topological polar surface area (TPSA) is 112 Å². The van der Waals surface area contributed by atoms with Crippen molar-refractivity contribution in [2.24, 2.45) is 0 Å². The Balaban J connectivity index is 2.51. The first-order valence-corrected chi connectivity index (χ1v) is 5.85. The second kappa shape index (κ2) is 7.07. The van der Waals surface area contributed by atoms with Gasteiger partial charge < -0.3 is 20.6 Å². The number of anilines is 1. The standard InChI is InChI=1S/C12H16N4O4/c1-16(2)9(17)5-7-14-12(20)15-8-4-3-6-13-10(8)11(18)19/h3-4,6H,5,7H2,1-2H3,(H,18,19)(H2,14,15,20). The highest BCUT2D eigenvalue weighted by Crippen LogP contribution is 2.11. The molecule has 1 aromatic rings. The van der Waals surface area contributed by atoms with E-state index in [1.54, 1.807) is 14.1 Å². The first-order chi connectivity index (χ1) is 9.41. The minimum absolute atomic E-state index is 0.0939. The number of urea groups is 1.